The minimum atomic E-state index is -4.33. The Morgan fingerprint density at radius 2 is 1.86 bits per heavy atom. The van der Waals surface area contributed by atoms with Crippen LogP contribution in [0, 0.1) is 0 Å². The molecular weight excluding hydrogens is 228 g/mol. The van der Waals surface area contributed by atoms with Gasteiger partial charge >= 0.3 is 10.4 Å². The van der Waals surface area contributed by atoms with Gasteiger partial charge in [-0.1, -0.05) is 23.7 Å². The highest BCUT2D eigenvalue weighted by Gasteiger charge is 2.03. The van der Waals surface area contributed by atoms with E-state index in [9.17, 15) is 8.42 Å². The predicted octanol–water partition coefficient (Wildman–Crippen LogP) is 1.70. The van der Waals surface area contributed by atoms with Gasteiger partial charge in [-0.15, -0.1) is 0 Å². The van der Waals surface area contributed by atoms with Crippen molar-refractivity contribution < 1.29 is 17.2 Å². The first-order valence-electron chi connectivity index (χ1n) is 3.84. The van der Waals surface area contributed by atoms with Crippen LogP contribution in [0.5, 0.6) is 0 Å². The van der Waals surface area contributed by atoms with Crippen molar-refractivity contribution >= 4 is 22.0 Å². The van der Waals surface area contributed by atoms with Crippen LogP contribution >= 0.6 is 11.6 Å². The van der Waals surface area contributed by atoms with Gasteiger partial charge in [0.15, 0.2) is 0 Å². The second-order valence-corrected chi connectivity index (χ2v) is 4.15. The van der Waals surface area contributed by atoms with Crippen LogP contribution in [0.1, 0.15) is 5.56 Å². The fourth-order valence-electron chi connectivity index (χ4n) is 0.916. The van der Waals surface area contributed by atoms with Crippen LogP contribution in [0.3, 0.4) is 0 Å². The van der Waals surface area contributed by atoms with Gasteiger partial charge in [-0.3, -0.25) is 4.55 Å². The smallest absolute Gasteiger partial charge is 0.264 e. The molecule has 0 unspecified atom stereocenters. The molecule has 0 spiro atoms. The van der Waals surface area contributed by atoms with Crippen LogP contribution in [-0.2, 0) is 21.0 Å². The van der Waals surface area contributed by atoms with Gasteiger partial charge in [-0.05, 0) is 24.1 Å². The molecule has 0 bridgehead atoms. The highest BCUT2D eigenvalue weighted by molar-refractivity contribution is 7.80. The molecule has 0 aromatic heterocycles. The molecular formula is C8H9ClO4S. The van der Waals surface area contributed by atoms with E-state index >= 15 is 0 Å². The SMILES string of the molecule is O=S(=O)(O)OCCc1ccc(Cl)cc1. The fraction of sp³-hybridized carbons (Fsp3) is 0.250. The monoisotopic (exact) mass is 236 g/mol. The van der Waals surface area contributed by atoms with Gasteiger partial charge in [0.2, 0.25) is 0 Å². The molecule has 0 aliphatic heterocycles. The second kappa shape index (κ2) is 4.75. The maximum atomic E-state index is 10.2. The van der Waals surface area contributed by atoms with E-state index in [-0.39, 0.29) is 6.61 Å². The number of rotatable bonds is 4. The first-order chi connectivity index (χ1) is 6.47. The topological polar surface area (TPSA) is 63.6 Å². The molecule has 1 N–H and O–H groups in total. The maximum absolute atomic E-state index is 10.2. The summed E-state index contributed by atoms with van der Waals surface area (Å²) in [6.45, 7) is -0.0829. The minimum Gasteiger partial charge on any atom is -0.264 e. The van der Waals surface area contributed by atoms with Crippen LogP contribution in [0.15, 0.2) is 24.3 Å². The van der Waals surface area contributed by atoms with Crippen LogP contribution in [0.4, 0.5) is 0 Å². The molecule has 0 atom stereocenters. The lowest BCUT2D eigenvalue weighted by atomic mass is 10.2. The third kappa shape index (κ3) is 4.57. The van der Waals surface area contributed by atoms with E-state index in [1.807, 2.05) is 0 Å². The quantitative estimate of drug-likeness (QED) is 0.809. The molecule has 0 aliphatic carbocycles. The molecule has 0 amide bonds. The largest absolute Gasteiger partial charge is 0.397 e. The summed E-state index contributed by atoms with van der Waals surface area (Å²) in [7, 11) is -4.33. The van der Waals surface area contributed by atoms with Crippen LogP contribution in [0.2, 0.25) is 5.02 Å². The highest BCUT2D eigenvalue weighted by Crippen LogP contribution is 2.10. The molecule has 0 heterocycles. The lowest BCUT2D eigenvalue weighted by Crippen LogP contribution is -2.06. The first-order valence-corrected chi connectivity index (χ1v) is 5.58. The molecule has 78 valence electrons. The van der Waals surface area contributed by atoms with E-state index in [0.717, 1.165) is 5.56 Å². The Labute approximate surface area is 87.4 Å². The maximum Gasteiger partial charge on any atom is 0.397 e. The Balaban J connectivity index is 2.43. The zero-order valence-corrected chi connectivity index (χ0v) is 8.75. The summed E-state index contributed by atoms with van der Waals surface area (Å²) in [6.07, 6.45) is 0.400. The Hall–Kier alpha value is -0.620. The average Bonchev–Trinajstić information content (AvgIpc) is 2.06. The zero-order chi connectivity index (χ0) is 10.6. The van der Waals surface area contributed by atoms with E-state index in [1.165, 1.54) is 0 Å². The van der Waals surface area contributed by atoms with Crippen molar-refractivity contribution in [1.82, 2.24) is 0 Å². The van der Waals surface area contributed by atoms with Crippen molar-refractivity contribution in [2.24, 2.45) is 0 Å². The van der Waals surface area contributed by atoms with E-state index in [1.54, 1.807) is 24.3 Å². The summed E-state index contributed by atoms with van der Waals surface area (Å²) in [5.41, 5.74) is 0.887. The van der Waals surface area contributed by atoms with Gasteiger partial charge in [-0.2, -0.15) is 8.42 Å². The summed E-state index contributed by atoms with van der Waals surface area (Å²) in [6, 6.07) is 6.92. The molecule has 0 radical (unpaired) electrons. The number of hydrogen-bond donors (Lipinski definition) is 1. The summed E-state index contributed by atoms with van der Waals surface area (Å²) in [5, 5.41) is 0.615. The molecule has 0 saturated heterocycles. The number of hydrogen-bond acceptors (Lipinski definition) is 3. The van der Waals surface area contributed by atoms with E-state index in [0.29, 0.717) is 11.4 Å². The third-order valence-corrected chi connectivity index (χ3v) is 2.25. The first kappa shape index (κ1) is 11.5. The van der Waals surface area contributed by atoms with E-state index in [2.05, 4.69) is 4.18 Å². The van der Waals surface area contributed by atoms with Crippen LogP contribution < -0.4 is 0 Å². The highest BCUT2D eigenvalue weighted by atomic mass is 35.5. The number of benzene rings is 1. The van der Waals surface area contributed by atoms with Gasteiger partial charge in [0.1, 0.15) is 0 Å². The van der Waals surface area contributed by atoms with Gasteiger partial charge in [-0.25, -0.2) is 4.18 Å². The summed E-state index contributed by atoms with van der Waals surface area (Å²) >= 11 is 5.65. The molecule has 14 heavy (non-hydrogen) atoms. The van der Waals surface area contributed by atoms with Crippen molar-refractivity contribution in [1.29, 1.82) is 0 Å². The van der Waals surface area contributed by atoms with E-state index in [4.69, 9.17) is 16.2 Å². The summed E-state index contributed by atoms with van der Waals surface area (Å²) < 4.78 is 32.8. The normalized spacial score (nSPS) is 11.6. The molecule has 1 aromatic carbocycles. The van der Waals surface area contributed by atoms with Crippen molar-refractivity contribution in [3.63, 3.8) is 0 Å². The summed E-state index contributed by atoms with van der Waals surface area (Å²) in [5.74, 6) is 0. The minimum absolute atomic E-state index is 0.0829. The van der Waals surface area contributed by atoms with Gasteiger partial charge in [0.05, 0.1) is 6.61 Å². The summed E-state index contributed by atoms with van der Waals surface area (Å²) in [4.78, 5) is 0. The van der Waals surface area contributed by atoms with Crippen LogP contribution in [-0.4, -0.2) is 19.6 Å². The van der Waals surface area contributed by atoms with Gasteiger partial charge in [0.25, 0.3) is 0 Å². The molecule has 4 nitrogen and oxygen atoms in total. The molecule has 0 fully saturated rings. The Kier molecular flexibility index (Phi) is 3.88. The Morgan fingerprint density at radius 3 is 2.36 bits per heavy atom. The second-order valence-electron chi connectivity index (χ2n) is 2.63. The van der Waals surface area contributed by atoms with Crippen molar-refractivity contribution in [2.75, 3.05) is 6.61 Å². The predicted molar refractivity (Wildman–Crippen MR) is 52.7 cm³/mol. The Morgan fingerprint density at radius 1 is 1.29 bits per heavy atom. The number of halogens is 1. The Bertz CT molecular complexity index is 384. The zero-order valence-electron chi connectivity index (χ0n) is 7.18. The van der Waals surface area contributed by atoms with Crippen LogP contribution in [0.25, 0.3) is 0 Å². The molecule has 6 heteroatoms. The molecule has 0 aliphatic rings. The van der Waals surface area contributed by atoms with Crippen molar-refractivity contribution in [2.45, 2.75) is 6.42 Å². The van der Waals surface area contributed by atoms with Crippen molar-refractivity contribution in [3.8, 4) is 0 Å². The average molecular weight is 237 g/mol. The van der Waals surface area contributed by atoms with E-state index < -0.39 is 10.4 Å². The molecule has 0 saturated carbocycles. The fourth-order valence-corrected chi connectivity index (χ4v) is 1.34. The molecule has 1 aromatic rings. The van der Waals surface area contributed by atoms with Gasteiger partial charge < -0.3 is 0 Å². The third-order valence-electron chi connectivity index (χ3n) is 1.54. The molecule has 1 rings (SSSR count). The lowest BCUT2D eigenvalue weighted by Gasteiger charge is -2.00. The van der Waals surface area contributed by atoms with Gasteiger partial charge in [0, 0.05) is 5.02 Å². The lowest BCUT2D eigenvalue weighted by molar-refractivity contribution is 0.272. The standard InChI is InChI=1S/C8H9ClO4S/c9-8-3-1-7(2-4-8)5-6-13-14(10,11)12/h1-4H,5-6H2,(H,10,11,12). The van der Waals surface area contributed by atoms with Crippen molar-refractivity contribution in [3.05, 3.63) is 34.9 Å².